The summed E-state index contributed by atoms with van der Waals surface area (Å²) in [6, 6.07) is 4.93. The zero-order valence-corrected chi connectivity index (χ0v) is 10.9. The second-order valence-electron chi connectivity index (χ2n) is 4.83. The molecule has 0 spiro atoms. The molecule has 3 rings (SSSR count). The Hall–Kier alpha value is -2.28. The molecule has 1 aromatic heterocycles. The van der Waals surface area contributed by atoms with Crippen LogP contribution in [-0.4, -0.2) is 39.0 Å². The molecule has 1 unspecified atom stereocenters. The topological polar surface area (TPSA) is 112 Å². The standard InChI is InChI=1S/C13H15N6O/c14-10-5-4-8(7-9(10)13-16-18-19-17-13)12(20)11-3-1-2-6-15-11/h4-5,7,11H,1-3,6,14H2,(H,16,17,18,19). The third-order valence-corrected chi connectivity index (χ3v) is 3.48. The van der Waals surface area contributed by atoms with Crippen molar-refractivity contribution >= 4 is 11.5 Å². The summed E-state index contributed by atoms with van der Waals surface area (Å²) >= 11 is 0. The van der Waals surface area contributed by atoms with Crippen molar-refractivity contribution in [2.45, 2.75) is 25.3 Å². The van der Waals surface area contributed by atoms with Crippen molar-refractivity contribution in [2.24, 2.45) is 0 Å². The van der Waals surface area contributed by atoms with Gasteiger partial charge in [0.2, 0.25) is 0 Å². The van der Waals surface area contributed by atoms with Gasteiger partial charge in [0.05, 0.1) is 6.04 Å². The van der Waals surface area contributed by atoms with E-state index in [1.165, 1.54) is 0 Å². The Morgan fingerprint density at radius 3 is 2.95 bits per heavy atom. The molecule has 2 aromatic rings. The zero-order valence-electron chi connectivity index (χ0n) is 10.9. The summed E-state index contributed by atoms with van der Waals surface area (Å²) in [5.41, 5.74) is 7.67. The van der Waals surface area contributed by atoms with Gasteiger partial charge in [-0.25, -0.2) is 10.4 Å². The average Bonchev–Trinajstić information content (AvgIpc) is 3.02. The number of nitrogens with one attached hydrogen (secondary N) is 1. The first-order valence-corrected chi connectivity index (χ1v) is 6.60. The number of piperidine rings is 1. The molecule has 0 saturated carbocycles. The molecule has 20 heavy (non-hydrogen) atoms. The smallest absolute Gasteiger partial charge is 0.181 e. The fourth-order valence-corrected chi connectivity index (χ4v) is 2.38. The molecule has 0 bridgehead atoms. The largest absolute Gasteiger partial charge is 0.398 e. The van der Waals surface area contributed by atoms with Crippen molar-refractivity contribution in [1.29, 1.82) is 0 Å². The van der Waals surface area contributed by atoms with Gasteiger partial charge in [0, 0.05) is 23.4 Å². The SMILES string of the molecule is Nc1ccc(C(=O)C2CCCC[N]2)cc1-c1nnn[nH]1. The first-order valence-electron chi connectivity index (χ1n) is 6.60. The molecular weight excluding hydrogens is 256 g/mol. The maximum atomic E-state index is 12.4. The highest BCUT2D eigenvalue weighted by molar-refractivity contribution is 6.01. The quantitative estimate of drug-likeness (QED) is 0.633. The van der Waals surface area contributed by atoms with E-state index in [-0.39, 0.29) is 11.8 Å². The van der Waals surface area contributed by atoms with Gasteiger partial charge in [0.15, 0.2) is 11.6 Å². The number of ketones is 1. The Balaban J connectivity index is 1.90. The van der Waals surface area contributed by atoms with Gasteiger partial charge in [-0.15, -0.1) is 5.10 Å². The number of aromatic nitrogens is 4. The first-order chi connectivity index (χ1) is 9.75. The number of tetrazole rings is 1. The Morgan fingerprint density at radius 1 is 1.35 bits per heavy atom. The minimum absolute atomic E-state index is 0.0402. The summed E-state index contributed by atoms with van der Waals surface area (Å²) in [4.78, 5) is 12.4. The maximum Gasteiger partial charge on any atom is 0.181 e. The number of anilines is 1. The molecule has 103 valence electrons. The molecule has 0 amide bonds. The predicted octanol–water partition coefficient (Wildman–Crippen LogP) is 0.788. The van der Waals surface area contributed by atoms with Gasteiger partial charge in [0.1, 0.15) is 0 Å². The van der Waals surface area contributed by atoms with Crippen LogP contribution in [0, 0.1) is 0 Å². The number of hydrogen-bond acceptors (Lipinski definition) is 5. The third-order valence-electron chi connectivity index (χ3n) is 3.48. The lowest BCUT2D eigenvalue weighted by molar-refractivity contribution is 0.0924. The summed E-state index contributed by atoms with van der Waals surface area (Å²) in [5, 5.41) is 17.9. The highest BCUT2D eigenvalue weighted by Crippen LogP contribution is 2.24. The van der Waals surface area contributed by atoms with Gasteiger partial charge in [-0.05, 0) is 41.5 Å². The fourth-order valence-electron chi connectivity index (χ4n) is 2.38. The number of carbonyl (C=O) groups is 1. The van der Waals surface area contributed by atoms with Crippen LogP contribution in [-0.2, 0) is 0 Å². The van der Waals surface area contributed by atoms with Crippen molar-refractivity contribution in [3.8, 4) is 11.4 Å². The zero-order chi connectivity index (χ0) is 13.9. The van der Waals surface area contributed by atoms with E-state index in [0.29, 0.717) is 22.6 Å². The number of rotatable bonds is 3. The lowest BCUT2D eigenvalue weighted by Gasteiger charge is -2.20. The number of benzene rings is 1. The maximum absolute atomic E-state index is 12.4. The molecule has 2 heterocycles. The van der Waals surface area contributed by atoms with E-state index in [4.69, 9.17) is 5.73 Å². The molecule has 1 aliphatic heterocycles. The van der Waals surface area contributed by atoms with E-state index in [0.717, 1.165) is 25.8 Å². The number of hydrogen-bond donors (Lipinski definition) is 2. The minimum Gasteiger partial charge on any atom is -0.398 e. The van der Waals surface area contributed by atoms with Crippen LogP contribution in [0.15, 0.2) is 18.2 Å². The predicted molar refractivity (Wildman–Crippen MR) is 73.0 cm³/mol. The highest BCUT2D eigenvalue weighted by Gasteiger charge is 2.23. The van der Waals surface area contributed by atoms with E-state index in [1.54, 1.807) is 18.2 Å². The fraction of sp³-hybridized carbons (Fsp3) is 0.385. The van der Waals surface area contributed by atoms with Crippen molar-refractivity contribution in [3.63, 3.8) is 0 Å². The number of nitrogen functional groups attached to an aromatic ring is 1. The second-order valence-corrected chi connectivity index (χ2v) is 4.83. The molecule has 1 radical (unpaired) electrons. The average molecular weight is 271 g/mol. The van der Waals surface area contributed by atoms with E-state index in [9.17, 15) is 4.79 Å². The van der Waals surface area contributed by atoms with Gasteiger partial charge >= 0.3 is 0 Å². The van der Waals surface area contributed by atoms with Gasteiger partial charge in [-0.1, -0.05) is 6.42 Å². The summed E-state index contributed by atoms with van der Waals surface area (Å²) in [5.74, 6) is 0.496. The Bertz CT molecular complexity index is 603. The monoisotopic (exact) mass is 271 g/mol. The number of aromatic amines is 1. The number of nitrogens with two attached hydrogens (primary N) is 1. The van der Waals surface area contributed by atoms with Crippen LogP contribution < -0.4 is 11.1 Å². The normalized spacial score (nSPS) is 18.9. The lowest BCUT2D eigenvalue weighted by atomic mass is 9.95. The van der Waals surface area contributed by atoms with E-state index < -0.39 is 0 Å². The van der Waals surface area contributed by atoms with Crippen LogP contribution in [0.5, 0.6) is 0 Å². The number of Topliss-reactive ketones (excluding diaryl/α,β-unsaturated/α-hetero) is 1. The molecule has 0 aliphatic carbocycles. The number of carbonyl (C=O) groups excluding carboxylic acids is 1. The van der Waals surface area contributed by atoms with E-state index in [1.807, 2.05) is 0 Å². The van der Waals surface area contributed by atoms with E-state index >= 15 is 0 Å². The Morgan fingerprint density at radius 2 is 2.25 bits per heavy atom. The van der Waals surface area contributed by atoms with Crippen LogP contribution in [0.3, 0.4) is 0 Å². The second kappa shape index (κ2) is 5.38. The van der Waals surface area contributed by atoms with Gasteiger partial charge in [-0.3, -0.25) is 4.79 Å². The lowest BCUT2D eigenvalue weighted by Crippen LogP contribution is -2.35. The van der Waals surface area contributed by atoms with Crippen molar-refractivity contribution in [3.05, 3.63) is 23.8 Å². The molecule has 1 aromatic carbocycles. The molecule has 1 saturated heterocycles. The molecule has 3 N–H and O–H groups in total. The third kappa shape index (κ3) is 2.39. The molecular formula is C13H15N6O. The van der Waals surface area contributed by atoms with Crippen molar-refractivity contribution in [2.75, 3.05) is 12.3 Å². The number of nitrogens with zero attached hydrogens (tertiary/aromatic N) is 4. The summed E-state index contributed by atoms with van der Waals surface area (Å²) in [6.07, 6.45) is 2.94. The van der Waals surface area contributed by atoms with Crippen molar-refractivity contribution < 1.29 is 4.79 Å². The molecule has 1 aliphatic rings. The van der Waals surface area contributed by atoms with Gasteiger partial charge in [0.25, 0.3) is 0 Å². The number of H-pyrrole nitrogens is 1. The molecule has 1 fully saturated rings. The van der Waals surface area contributed by atoms with Crippen LogP contribution in [0.25, 0.3) is 11.4 Å². The highest BCUT2D eigenvalue weighted by atomic mass is 16.1. The van der Waals surface area contributed by atoms with Crippen molar-refractivity contribution in [1.82, 2.24) is 25.9 Å². The van der Waals surface area contributed by atoms with Crippen LogP contribution >= 0.6 is 0 Å². The Labute approximate surface area is 115 Å². The minimum atomic E-state index is -0.229. The summed E-state index contributed by atoms with van der Waals surface area (Å²) < 4.78 is 0. The molecule has 7 nitrogen and oxygen atoms in total. The van der Waals surface area contributed by atoms with Crippen LogP contribution in [0.2, 0.25) is 0 Å². The molecule has 1 atom stereocenters. The summed E-state index contributed by atoms with van der Waals surface area (Å²) in [7, 11) is 0. The first kappa shape index (κ1) is 12.7. The molecule has 7 heteroatoms. The Kier molecular flexibility index (Phi) is 3.42. The summed E-state index contributed by atoms with van der Waals surface area (Å²) in [6.45, 7) is 0.768. The van der Waals surface area contributed by atoms with Gasteiger partial charge < -0.3 is 5.73 Å². The van der Waals surface area contributed by atoms with E-state index in [2.05, 4.69) is 25.9 Å². The van der Waals surface area contributed by atoms with Gasteiger partial charge in [-0.2, -0.15) is 0 Å². The van der Waals surface area contributed by atoms with Crippen LogP contribution in [0.4, 0.5) is 5.69 Å². The van der Waals surface area contributed by atoms with Crippen LogP contribution in [0.1, 0.15) is 29.6 Å².